The largest absolute Gasteiger partial charge is 0.353 e. The van der Waals surface area contributed by atoms with Gasteiger partial charge in [-0.2, -0.15) is 0 Å². The van der Waals surface area contributed by atoms with E-state index in [0.29, 0.717) is 26.2 Å². The lowest BCUT2D eigenvalue weighted by molar-refractivity contribution is -0.127. The van der Waals surface area contributed by atoms with E-state index in [1.54, 1.807) is 17.0 Å². The second-order valence-electron chi connectivity index (χ2n) is 6.56. The molecule has 6 nitrogen and oxygen atoms in total. The molecule has 0 spiro atoms. The van der Waals surface area contributed by atoms with Crippen LogP contribution in [0.4, 0.5) is 9.18 Å². The molecule has 2 saturated heterocycles. The summed E-state index contributed by atoms with van der Waals surface area (Å²) in [5.41, 5.74) is 0.805. The Kier molecular flexibility index (Phi) is 5.86. The van der Waals surface area contributed by atoms with E-state index < -0.39 is 6.04 Å². The molecule has 25 heavy (non-hydrogen) atoms. The van der Waals surface area contributed by atoms with Crippen molar-refractivity contribution in [3.63, 3.8) is 0 Å². The third-order valence-electron chi connectivity index (χ3n) is 4.82. The summed E-state index contributed by atoms with van der Waals surface area (Å²) in [7, 11) is 0. The molecule has 3 amide bonds. The predicted octanol–water partition coefficient (Wildman–Crippen LogP) is 1.49. The molecule has 0 aliphatic carbocycles. The number of benzene rings is 1. The third kappa shape index (κ3) is 4.48. The lowest BCUT2D eigenvalue weighted by Gasteiger charge is -2.34. The number of urea groups is 1. The molecule has 136 valence electrons. The van der Waals surface area contributed by atoms with Gasteiger partial charge in [0.05, 0.1) is 0 Å². The summed E-state index contributed by atoms with van der Waals surface area (Å²) in [4.78, 5) is 28.2. The molecule has 2 N–H and O–H groups in total. The summed E-state index contributed by atoms with van der Waals surface area (Å²) in [6, 6.07) is 5.67. The smallest absolute Gasteiger partial charge is 0.317 e. The van der Waals surface area contributed by atoms with Crippen molar-refractivity contribution in [2.24, 2.45) is 0 Å². The number of carbonyl (C=O) groups is 2. The molecule has 0 unspecified atom stereocenters. The minimum absolute atomic E-state index is 0.0830. The molecular formula is C18H25FN4O2. The summed E-state index contributed by atoms with van der Waals surface area (Å²) in [5.74, 6) is -0.394. The normalized spacial score (nSPS) is 19.6. The molecule has 7 heteroatoms. The first kappa shape index (κ1) is 17.7. The van der Waals surface area contributed by atoms with Crippen LogP contribution in [-0.2, 0) is 4.79 Å². The van der Waals surface area contributed by atoms with Crippen LogP contribution in [0.5, 0.6) is 0 Å². The molecule has 1 aromatic carbocycles. The van der Waals surface area contributed by atoms with Crippen LogP contribution in [0.25, 0.3) is 0 Å². The minimum atomic E-state index is -0.409. The Morgan fingerprint density at radius 1 is 1.16 bits per heavy atom. The maximum Gasteiger partial charge on any atom is 0.317 e. The van der Waals surface area contributed by atoms with Gasteiger partial charge in [-0.25, -0.2) is 9.18 Å². The Labute approximate surface area is 147 Å². The summed E-state index contributed by atoms with van der Waals surface area (Å²) >= 11 is 0. The monoisotopic (exact) mass is 348 g/mol. The van der Waals surface area contributed by atoms with Crippen molar-refractivity contribution in [3.05, 3.63) is 35.6 Å². The topological polar surface area (TPSA) is 64.7 Å². The lowest BCUT2D eigenvalue weighted by atomic mass is 10.0. The Balaban J connectivity index is 1.64. The zero-order chi connectivity index (χ0) is 17.6. The molecule has 0 radical (unpaired) electrons. The van der Waals surface area contributed by atoms with E-state index in [1.807, 2.05) is 0 Å². The van der Waals surface area contributed by atoms with Gasteiger partial charge < -0.3 is 15.5 Å². The maximum absolute atomic E-state index is 13.2. The first-order valence-corrected chi connectivity index (χ1v) is 8.95. The second kappa shape index (κ2) is 8.29. The number of rotatable bonds is 6. The van der Waals surface area contributed by atoms with E-state index in [4.69, 9.17) is 0 Å². The van der Waals surface area contributed by atoms with Gasteiger partial charge in [0.1, 0.15) is 11.9 Å². The summed E-state index contributed by atoms with van der Waals surface area (Å²) in [6.45, 7) is 3.96. The number of nitrogens with one attached hydrogen (secondary N) is 2. The molecule has 2 heterocycles. The SMILES string of the molecule is O=C(NCCN1CCNC1=O)[C@H](c1ccc(F)cc1)N1CCCCC1. The molecule has 2 aliphatic rings. The number of carbonyl (C=O) groups excluding carboxylic acids is 2. The van der Waals surface area contributed by atoms with Crippen molar-refractivity contribution in [2.75, 3.05) is 39.3 Å². The van der Waals surface area contributed by atoms with Crippen molar-refractivity contribution in [1.29, 1.82) is 0 Å². The fraction of sp³-hybridized carbons (Fsp3) is 0.556. The Morgan fingerprint density at radius 2 is 1.88 bits per heavy atom. The number of amides is 3. The zero-order valence-electron chi connectivity index (χ0n) is 14.3. The third-order valence-corrected chi connectivity index (χ3v) is 4.82. The molecule has 3 rings (SSSR count). The Morgan fingerprint density at radius 3 is 2.52 bits per heavy atom. The Bertz CT molecular complexity index is 602. The maximum atomic E-state index is 13.2. The van der Waals surface area contributed by atoms with Gasteiger partial charge in [0, 0.05) is 26.2 Å². The highest BCUT2D eigenvalue weighted by atomic mass is 19.1. The first-order valence-electron chi connectivity index (χ1n) is 8.95. The van der Waals surface area contributed by atoms with Gasteiger partial charge in [-0.1, -0.05) is 18.6 Å². The van der Waals surface area contributed by atoms with Crippen LogP contribution < -0.4 is 10.6 Å². The van der Waals surface area contributed by atoms with Gasteiger partial charge in [-0.05, 0) is 43.6 Å². The van der Waals surface area contributed by atoms with Gasteiger partial charge in [0.15, 0.2) is 0 Å². The molecule has 0 aromatic heterocycles. The van der Waals surface area contributed by atoms with Gasteiger partial charge >= 0.3 is 6.03 Å². The van der Waals surface area contributed by atoms with E-state index in [1.165, 1.54) is 18.6 Å². The molecule has 0 saturated carbocycles. The fourth-order valence-electron chi connectivity index (χ4n) is 3.48. The van der Waals surface area contributed by atoms with Crippen LogP contribution >= 0.6 is 0 Å². The predicted molar refractivity (Wildman–Crippen MR) is 92.5 cm³/mol. The van der Waals surface area contributed by atoms with E-state index in [2.05, 4.69) is 15.5 Å². The molecule has 2 aliphatic heterocycles. The van der Waals surface area contributed by atoms with Crippen LogP contribution in [-0.4, -0.2) is 61.0 Å². The quantitative estimate of drug-likeness (QED) is 0.819. The van der Waals surface area contributed by atoms with Crippen LogP contribution in [0.15, 0.2) is 24.3 Å². The number of nitrogens with zero attached hydrogens (tertiary/aromatic N) is 2. The van der Waals surface area contributed by atoms with Crippen molar-refractivity contribution in [1.82, 2.24) is 20.4 Å². The van der Waals surface area contributed by atoms with Gasteiger partial charge in [-0.15, -0.1) is 0 Å². The number of halogens is 1. The van der Waals surface area contributed by atoms with E-state index in [-0.39, 0.29) is 17.8 Å². The molecule has 1 aromatic rings. The zero-order valence-corrected chi connectivity index (χ0v) is 14.3. The van der Waals surface area contributed by atoms with E-state index in [9.17, 15) is 14.0 Å². The lowest BCUT2D eigenvalue weighted by Crippen LogP contribution is -2.45. The number of hydrogen-bond acceptors (Lipinski definition) is 3. The summed E-state index contributed by atoms with van der Waals surface area (Å²) < 4.78 is 13.2. The number of piperidine rings is 1. The van der Waals surface area contributed by atoms with Crippen molar-refractivity contribution < 1.29 is 14.0 Å². The highest BCUT2D eigenvalue weighted by Crippen LogP contribution is 2.25. The van der Waals surface area contributed by atoms with Crippen LogP contribution in [0.2, 0.25) is 0 Å². The Hall–Kier alpha value is -2.15. The minimum Gasteiger partial charge on any atom is -0.353 e. The molecule has 1 atom stereocenters. The molecular weight excluding hydrogens is 323 g/mol. The number of likely N-dealkylation sites (tertiary alicyclic amines) is 1. The fourth-order valence-corrected chi connectivity index (χ4v) is 3.48. The van der Waals surface area contributed by atoms with E-state index in [0.717, 1.165) is 31.5 Å². The highest BCUT2D eigenvalue weighted by molar-refractivity contribution is 5.83. The van der Waals surface area contributed by atoms with Crippen molar-refractivity contribution >= 4 is 11.9 Å². The van der Waals surface area contributed by atoms with Gasteiger partial charge in [0.2, 0.25) is 5.91 Å². The standard InChI is InChI=1S/C18H25FN4O2/c19-15-6-4-14(5-7-15)16(22-10-2-1-3-11-22)17(24)20-8-12-23-13-9-21-18(23)25/h4-7,16H,1-3,8-13H2,(H,20,24)(H,21,25)/t16-/m0/s1. The average molecular weight is 348 g/mol. The van der Waals surface area contributed by atoms with Crippen LogP contribution in [0.1, 0.15) is 30.9 Å². The summed E-state index contributed by atoms with van der Waals surface area (Å²) in [6.07, 6.45) is 3.32. The van der Waals surface area contributed by atoms with Crippen molar-refractivity contribution in [3.8, 4) is 0 Å². The van der Waals surface area contributed by atoms with Crippen LogP contribution in [0, 0.1) is 5.82 Å². The average Bonchev–Trinajstić information content (AvgIpc) is 3.03. The van der Waals surface area contributed by atoms with Crippen LogP contribution in [0.3, 0.4) is 0 Å². The second-order valence-corrected chi connectivity index (χ2v) is 6.56. The van der Waals surface area contributed by atoms with Crippen molar-refractivity contribution in [2.45, 2.75) is 25.3 Å². The summed E-state index contributed by atoms with van der Waals surface area (Å²) in [5, 5.41) is 5.69. The molecule has 2 fully saturated rings. The van der Waals surface area contributed by atoms with Gasteiger partial charge in [-0.3, -0.25) is 9.69 Å². The molecule has 0 bridgehead atoms. The highest BCUT2D eigenvalue weighted by Gasteiger charge is 2.29. The van der Waals surface area contributed by atoms with E-state index >= 15 is 0 Å². The number of hydrogen-bond donors (Lipinski definition) is 2. The van der Waals surface area contributed by atoms with Gasteiger partial charge in [0.25, 0.3) is 0 Å². The first-order chi connectivity index (χ1) is 12.1.